The third-order valence-corrected chi connectivity index (χ3v) is 3.64. The molecule has 1 amide bonds. The number of esters is 1. The van der Waals surface area contributed by atoms with Crippen molar-refractivity contribution in [2.75, 3.05) is 13.2 Å². The van der Waals surface area contributed by atoms with E-state index in [1.165, 1.54) is 6.08 Å². The second kappa shape index (κ2) is 10.2. The molecule has 0 saturated heterocycles. The highest BCUT2D eigenvalue weighted by molar-refractivity contribution is 5.89. The van der Waals surface area contributed by atoms with Crippen LogP contribution in [0.25, 0.3) is 6.08 Å². The van der Waals surface area contributed by atoms with Gasteiger partial charge in [0, 0.05) is 24.4 Å². The van der Waals surface area contributed by atoms with Crippen LogP contribution in [0, 0.1) is 5.92 Å². The average molecular weight is 355 g/mol. The second-order valence-corrected chi connectivity index (χ2v) is 6.43. The lowest BCUT2D eigenvalue weighted by Gasteiger charge is -2.06. The largest absolute Gasteiger partial charge is 0.452 e. The summed E-state index contributed by atoms with van der Waals surface area (Å²) < 4.78 is 6.71. The molecule has 0 aliphatic carbocycles. The van der Waals surface area contributed by atoms with E-state index in [1.807, 2.05) is 36.5 Å². The van der Waals surface area contributed by atoms with Crippen LogP contribution in [0.5, 0.6) is 0 Å². The molecule has 26 heavy (non-hydrogen) atoms. The van der Waals surface area contributed by atoms with E-state index in [1.54, 1.807) is 17.0 Å². The van der Waals surface area contributed by atoms with Crippen molar-refractivity contribution in [2.45, 2.75) is 26.8 Å². The summed E-state index contributed by atoms with van der Waals surface area (Å²) in [6.07, 6.45) is 7.33. The van der Waals surface area contributed by atoms with Crippen molar-refractivity contribution in [1.29, 1.82) is 0 Å². The summed E-state index contributed by atoms with van der Waals surface area (Å²) in [6, 6.07) is 9.99. The Bertz CT molecular complexity index is 736. The molecule has 0 aliphatic heterocycles. The van der Waals surface area contributed by atoms with Gasteiger partial charge in [0.2, 0.25) is 0 Å². The van der Waals surface area contributed by atoms with E-state index in [4.69, 9.17) is 4.74 Å². The molecule has 1 aromatic carbocycles. The van der Waals surface area contributed by atoms with Gasteiger partial charge < -0.3 is 10.1 Å². The van der Waals surface area contributed by atoms with Gasteiger partial charge in [-0.05, 0) is 24.0 Å². The minimum Gasteiger partial charge on any atom is -0.452 e. The van der Waals surface area contributed by atoms with Gasteiger partial charge in [-0.3, -0.25) is 9.48 Å². The highest BCUT2D eigenvalue weighted by atomic mass is 16.5. The fraction of sp³-hybridized carbons (Fsp3) is 0.350. The van der Waals surface area contributed by atoms with Gasteiger partial charge in [-0.15, -0.1) is 0 Å². The molecule has 0 unspecified atom stereocenters. The maximum absolute atomic E-state index is 11.7. The molecule has 0 bridgehead atoms. The zero-order valence-electron chi connectivity index (χ0n) is 15.2. The molecule has 1 aromatic heterocycles. The third-order valence-electron chi connectivity index (χ3n) is 3.64. The van der Waals surface area contributed by atoms with Crippen LogP contribution in [-0.4, -0.2) is 34.8 Å². The second-order valence-electron chi connectivity index (χ2n) is 6.43. The SMILES string of the molecule is CC(C)CCNC(=O)COC(=O)/C=C/c1cnn(Cc2ccccc2)c1. The van der Waals surface area contributed by atoms with Crippen molar-refractivity contribution >= 4 is 18.0 Å². The van der Waals surface area contributed by atoms with Crippen LogP contribution in [0.3, 0.4) is 0 Å². The van der Waals surface area contributed by atoms with Gasteiger partial charge in [0.25, 0.3) is 5.91 Å². The molecular weight excluding hydrogens is 330 g/mol. The molecule has 138 valence electrons. The van der Waals surface area contributed by atoms with Crippen molar-refractivity contribution in [3.63, 3.8) is 0 Å². The van der Waals surface area contributed by atoms with Crippen molar-refractivity contribution in [2.24, 2.45) is 5.92 Å². The Morgan fingerprint density at radius 3 is 2.77 bits per heavy atom. The van der Waals surface area contributed by atoms with Crippen LogP contribution >= 0.6 is 0 Å². The van der Waals surface area contributed by atoms with Gasteiger partial charge in [-0.2, -0.15) is 5.10 Å². The van der Waals surface area contributed by atoms with Gasteiger partial charge in [-0.25, -0.2) is 4.79 Å². The van der Waals surface area contributed by atoms with Crippen molar-refractivity contribution in [3.05, 3.63) is 59.9 Å². The molecule has 2 aromatic rings. The van der Waals surface area contributed by atoms with Crippen LogP contribution in [0.1, 0.15) is 31.4 Å². The first-order valence-electron chi connectivity index (χ1n) is 8.71. The Labute approximate surface area is 153 Å². The average Bonchev–Trinajstić information content (AvgIpc) is 3.06. The van der Waals surface area contributed by atoms with Gasteiger partial charge in [0.05, 0.1) is 12.7 Å². The van der Waals surface area contributed by atoms with E-state index in [2.05, 4.69) is 24.3 Å². The first kappa shape index (κ1) is 19.4. The van der Waals surface area contributed by atoms with Crippen LogP contribution < -0.4 is 5.32 Å². The number of nitrogens with zero attached hydrogens (tertiary/aromatic N) is 2. The van der Waals surface area contributed by atoms with E-state index in [0.717, 1.165) is 17.5 Å². The molecule has 1 N–H and O–H groups in total. The number of aromatic nitrogens is 2. The summed E-state index contributed by atoms with van der Waals surface area (Å²) >= 11 is 0. The monoisotopic (exact) mass is 355 g/mol. The van der Waals surface area contributed by atoms with E-state index in [-0.39, 0.29) is 12.5 Å². The lowest BCUT2D eigenvalue weighted by molar-refractivity contribution is -0.143. The van der Waals surface area contributed by atoms with Crippen molar-refractivity contribution in [3.8, 4) is 0 Å². The van der Waals surface area contributed by atoms with Gasteiger partial charge in [-0.1, -0.05) is 44.2 Å². The van der Waals surface area contributed by atoms with Crippen LogP contribution in [0.4, 0.5) is 0 Å². The van der Waals surface area contributed by atoms with Crippen molar-refractivity contribution < 1.29 is 14.3 Å². The maximum Gasteiger partial charge on any atom is 0.331 e. The van der Waals surface area contributed by atoms with Crippen LogP contribution in [-0.2, 0) is 20.9 Å². The van der Waals surface area contributed by atoms with E-state index in [0.29, 0.717) is 19.0 Å². The Kier molecular flexibility index (Phi) is 7.61. The fourth-order valence-electron chi connectivity index (χ4n) is 2.22. The Balaban J connectivity index is 1.73. The topological polar surface area (TPSA) is 73.2 Å². The molecular formula is C20H25N3O3. The predicted octanol–water partition coefficient (Wildman–Crippen LogP) is 2.65. The lowest BCUT2D eigenvalue weighted by Crippen LogP contribution is -2.29. The first-order chi connectivity index (χ1) is 12.5. The summed E-state index contributed by atoms with van der Waals surface area (Å²) in [5.41, 5.74) is 1.94. The summed E-state index contributed by atoms with van der Waals surface area (Å²) in [6.45, 7) is 5.15. The van der Waals surface area contributed by atoms with E-state index >= 15 is 0 Å². The zero-order chi connectivity index (χ0) is 18.8. The van der Waals surface area contributed by atoms with Gasteiger partial charge in [0.15, 0.2) is 6.61 Å². The van der Waals surface area contributed by atoms with E-state index in [9.17, 15) is 9.59 Å². The molecule has 0 fully saturated rings. The summed E-state index contributed by atoms with van der Waals surface area (Å²) in [5, 5.41) is 6.98. The van der Waals surface area contributed by atoms with E-state index < -0.39 is 5.97 Å². The highest BCUT2D eigenvalue weighted by Gasteiger charge is 2.05. The Morgan fingerprint density at radius 1 is 1.27 bits per heavy atom. The Morgan fingerprint density at radius 2 is 2.04 bits per heavy atom. The van der Waals surface area contributed by atoms with Gasteiger partial charge in [0.1, 0.15) is 0 Å². The number of amides is 1. The number of hydrogen-bond donors (Lipinski definition) is 1. The number of nitrogens with one attached hydrogen (secondary N) is 1. The smallest absolute Gasteiger partial charge is 0.331 e. The summed E-state index contributed by atoms with van der Waals surface area (Å²) in [5.74, 6) is -0.327. The predicted molar refractivity (Wildman–Crippen MR) is 100 cm³/mol. The quantitative estimate of drug-likeness (QED) is 0.554. The molecule has 0 atom stereocenters. The number of rotatable bonds is 9. The number of hydrogen-bond acceptors (Lipinski definition) is 4. The molecule has 2 rings (SSSR count). The minimum atomic E-state index is -0.556. The van der Waals surface area contributed by atoms with Crippen molar-refractivity contribution in [1.82, 2.24) is 15.1 Å². The normalized spacial score (nSPS) is 11.0. The zero-order valence-corrected chi connectivity index (χ0v) is 15.2. The molecule has 0 spiro atoms. The number of ether oxygens (including phenoxy) is 1. The summed E-state index contributed by atoms with van der Waals surface area (Å²) in [7, 11) is 0. The Hall–Kier alpha value is -2.89. The molecule has 0 aliphatic rings. The molecule has 6 heteroatoms. The maximum atomic E-state index is 11.7. The van der Waals surface area contributed by atoms with Gasteiger partial charge >= 0.3 is 5.97 Å². The molecule has 0 saturated carbocycles. The number of benzene rings is 1. The first-order valence-corrected chi connectivity index (χ1v) is 8.71. The number of carbonyl (C=O) groups is 2. The summed E-state index contributed by atoms with van der Waals surface area (Å²) in [4.78, 5) is 23.2. The minimum absolute atomic E-state index is 0.269. The van der Waals surface area contributed by atoms with Crippen LogP contribution in [0.15, 0.2) is 48.8 Å². The molecule has 1 heterocycles. The molecule has 6 nitrogen and oxygen atoms in total. The van der Waals surface area contributed by atoms with Crippen LogP contribution in [0.2, 0.25) is 0 Å². The molecule has 0 radical (unpaired) electrons. The fourth-order valence-corrected chi connectivity index (χ4v) is 2.22. The number of carbonyl (C=O) groups excluding carboxylic acids is 2. The standard InChI is InChI=1S/C20H25N3O3/c1-16(2)10-11-21-19(24)15-26-20(25)9-8-18-12-22-23(14-18)13-17-6-4-3-5-7-17/h3-9,12,14,16H,10-11,13,15H2,1-2H3,(H,21,24)/b9-8+. The lowest BCUT2D eigenvalue weighted by atomic mass is 10.1. The highest BCUT2D eigenvalue weighted by Crippen LogP contribution is 2.05. The third kappa shape index (κ3) is 7.34.